The van der Waals surface area contributed by atoms with Gasteiger partial charge < -0.3 is 15.2 Å². The van der Waals surface area contributed by atoms with Crippen LogP contribution in [0.5, 0.6) is 5.75 Å². The van der Waals surface area contributed by atoms with Crippen LogP contribution in [0, 0.1) is 6.92 Å². The number of anilines is 1. The van der Waals surface area contributed by atoms with Crippen molar-refractivity contribution in [3.05, 3.63) is 23.8 Å². The molecule has 0 fully saturated rings. The third-order valence-electron chi connectivity index (χ3n) is 2.33. The highest BCUT2D eigenvalue weighted by molar-refractivity contribution is 5.53. The molecular weight excluding hydrogens is 190 g/mol. The quantitative estimate of drug-likeness (QED) is 0.706. The molecular formula is C12H19NO2. The Labute approximate surface area is 91.1 Å². The van der Waals surface area contributed by atoms with Crippen LogP contribution in [0.15, 0.2) is 18.2 Å². The highest BCUT2D eigenvalue weighted by Crippen LogP contribution is 2.20. The van der Waals surface area contributed by atoms with Gasteiger partial charge in [0.1, 0.15) is 5.75 Å². The molecule has 0 unspecified atom stereocenters. The van der Waals surface area contributed by atoms with Crippen LogP contribution in [0.3, 0.4) is 0 Å². The Morgan fingerprint density at radius 1 is 1.33 bits per heavy atom. The fourth-order valence-electron chi connectivity index (χ4n) is 1.42. The molecule has 1 aromatic rings. The minimum absolute atomic E-state index is 0.267. The maximum Gasteiger partial charge on any atom is 0.119 e. The second kappa shape index (κ2) is 6.30. The first-order valence-corrected chi connectivity index (χ1v) is 5.27. The molecule has 84 valence electrons. The van der Waals surface area contributed by atoms with Gasteiger partial charge in [0.25, 0.3) is 0 Å². The van der Waals surface area contributed by atoms with Crippen molar-refractivity contribution in [1.82, 2.24) is 0 Å². The summed E-state index contributed by atoms with van der Waals surface area (Å²) < 4.78 is 5.13. The van der Waals surface area contributed by atoms with Crippen molar-refractivity contribution in [2.45, 2.75) is 19.8 Å². The Kier molecular flexibility index (Phi) is 4.98. The van der Waals surface area contributed by atoms with Crippen molar-refractivity contribution in [2.24, 2.45) is 0 Å². The number of benzene rings is 1. The number of aryl methyl sites for hydroxylation is 1. The number of ether oxygens (including phenoxy) is 1. The summed E-state index contributed by atoms with van der Waals surface area (Å²) in [4.78, 5) is 0. The van der Waals surface area contributed by atoms with E-state index in [0.717, 1.165) is 30.8 Å². The molecule has 0 aliphatic rings. The SMILES string of the molecule is COc1ccc(NCCCCO)c(C)c1. The number of hydrogen-bond acceptors (Lipinski definition) is 3. The first-order valence-electron chi connectivity index (χ1n) is 5.27. The van der Waals surface area contributed by atoms with E-state index in [4.69, 9.17) is 9.84 Å². The smallest absolute Gasteiger partial charge is 0.119 e. The fourth-order valence-corrected chi connectivity index (χ4v) is 1.42. The number of methoxy groups -OCH3 is 1. The van der Waals surface area contributed by atoms with Crippen molar-refractivity contribution in [3.8, 4) is 5.75 Å². The predicted octanol–water partition coefficient (Wildman–Crippen LogP) is 2.19. The van der Waals surface area contributed by atoms with Gasteiger partial charge in [-0.2, -0.15) is 0 Å². The Bertz CT molecular complexity index is 300. The zero-order valence-corrected chi connectivity index (χ0v) is 9.42. The average molecular weight is 209 g/mol. The Hall–Kier alpha value is -1.22. The summed E-state index contributed by atoms with van der Waals surface area (Å²) in [5.41, 5.74) is 2.31. The molecule has 0 spiro atoms. The minimum Gasteiger partial charge on any atom is -0.497 e. The molecule has 0 atom stereocenters. The molecule has 0 aliphatic heterocycles. The van der Waals surface area contributed by atoms with E-state index in [1.807, 2.05) is 18.2 Å². The summed E-state index contributed by atoms with van der Waals surface area (Å²) in [5, 5.41) is 12.0. The van der Waals surface area contributed by atoms with Crippen LogP contribution in [0.2, 0.25) is 0 Å². The van der Waals surface area contributed by atoms with Crippen molar-refractivity contribution >= 4 is 5.69 Å². The van der Waals surface area contributed by atoms with Gasteiger partial charge in [-0.25, -0.2) is 0 Å². The van der Waals surface area contributed by atoms with Crippen LogP contribution >= 0.6 is 0 Å². The topological polar surface area (TPSA) is 41.5 Å². The monoisotopic (exact) mass is 209 g/mol. The van der Waals surface area contributed by atoms with Gasteiger partial charge >= 0.3 is 0 Å². The molecule has 15 heavy (non-hydrogen) atoms. The molecule has 0 heterocycles. The number of aliphatic hydroxyl groups excluding tert-OH is 1. The van der Waals surface area contributed by atoms with Crippen LogP contribution in [0.1, 0.15) is 18.4 Å². The molecule has 3 nitrogen and oxygen atoms in total. The maximum atomic E-state index is 8.64. The van der Waals surface area contributed by atoms with Crippen LogP contribution in [0.4, 0.5) is 5.69 Å². The highest BCUT2D eigenvalue weighted by Gasteiger charge is 1.99. The van der Waals surface area contributed by atoms with Gasteiger partial charge in [-0.1, -0.05) is 0 Å². The van der Waals surface area contributed by atoms with Crippen molar-refractivity contribution in [1.29, 1.82) is 0 Å². The summed E-state index contributed by atoms with van der Waals surface area (Å²) >= 11 is 0. The zero-order chi connectivity index (χ0) is 11.1. The van der Waals surface area contributed by atoms with Gasteiger partial charge in [0, 0.05) is 18.8 Å². The summed E-state index contributed by atoms with van der Waals surface area (Å²) in [6, 6.07) is 5.98. The van der Waals surface area contributed by atoms with Crippen molar-refractivity contribution in [3.63, 3.8) is 0 Å². The molecule has 0 amide bonds. The summed E-state index contributed by atoms with van der Waals surface area (Å²) in [6.45, 7) is 3.22. The van der Waals surface area contributed by atoms with Crippen molar-refractivity contribution in [2.75, 3.05) is 25.6 Å². The number of nitrogens with one attached hydrogen (secondary N) is 1. The Balaban J connectivity index is 2.47. The number of unbranched alkanes of at least 4 members (excludes halogenated alkanes) is 1. The molecule has 0 aliphatic carbocycles. The van der Waals surface area contributed by atoms with E-state index in [0.29, 0.717) is 0 Å². The van der Waals surface area contributed by atoms with Crippen LogP contribution in [0.25, 0.3) is 0 Å². The van der Waals surface area contributed by atoms with E-state index in [1.54, 1.807) is 7.11 Å². The second-order valence-corrected chi connectivity index (χ2v) is 3.54. The van der Waals surface area contributed by atoms with E-state index in [1.165, 1.54) is 5.56 Å². The summed E-state index contributed by atoms with van der Waals surface area (Å²) in [7, 11) is 1.67. The summed E-state index contributed by atoms with van der Waals surface area (Å²) in [5.74, 6) is 0.883. The van der Waals surface area contributed by atoms with Gasteiger partial charge in [0.15, 0.2) is 0 Å². The van der Waals surface area contributed by atoms with Gasteiger partial charge in [-0.15, -0.1) is 0 Å². The largest absolute Gasteiger partial charge is 0.497 e. The van der Waals surface area contributed by atoms with Gasteiger partial charge in [-0.05, 0) is 43.5 Å². The van der Waals surface area contributed by atoms with Crippen LogP contribution < -0.4 is 10.1 Å². The molecule has 1 aromatic carbocycles. The lowest BCUT2D eigenvalue weighted by Gasteiger charge is -2.10. The van der Waals surface area contributed by atoms with Crippen LogP contribution in [-0.2, 0) is 0 Å². The molecule has 0 bridgehead atoms. The van der Waals surface area contributed by atoms with Crippen molar-refractivity contribution < 1.29 is 9.84 Å². The zero-order valence-electron chi connectivity index (χ0n) is 9.42. The van der Waals surface area contributed by atoms with E-state index < -0.39 is 0 Å². The fraction of sp³-hybridized carbons (Fsp3) is 0.500. The van der Waals surface area contributed by atoms with Gasteiger partial charge in [0.05, 0.1) is 7.11 Å². The van der Waals surface area contributed by atoms with E-state index in [2.05, 4.69) is 12.2 Å². The Morgan fingerprint density at radius 3 is 2.73 bits per heavy atom. The molecule has 1 rings (SSSR count). The number of hydrogen-bond donors (Lipinski definition) is 2. The van der Waals surface area contributed by atoms with E-state index >= 15 is 0 Å². The Morgan fingerprint density at radius 2 is 2.13 bits per heavy atom. The standard InChI is InChI=1S/C12H19NO2/c1-10-9-11(15-2)5-6-12(10)13-7-3-4-8-14/h5-6,9,13-14H,3-4,7-8H2,1-2H3. The predicted molar refractivity (Wildman–Crippen MR) is 62.5 cm³/mol. The highest BCUT2D eigenvalue weighted by atomic mass is 16.5. The number of aliphatic hydroxyl groups is 1. The normalized spacial score (nSPS) is 10.1. The third-order valence-corrected chi connectivity index (χ3v) is 2.33. The molecule has 0 aromatic heterocycles. The number of rotatable bonds is 6. The van der Waals surface area contributed by atoms with Crippen LogP contribution in [-0.4, -0.2) is 25.4 Å². The third kappa shape index (κ3) is 3.80. The molecule has 0 saturated heterocycles. The van der Waals surface area contributed by atoms with Gasteiger partial charge in [0.2, 0.25) is 0 Å². The lowest BCUT2D eigenvalue weighted by Crippen LogP contribution is -2.03. The first kappa shape index (κ1) is 11.9. The van der Waals surface area contributed by atoms with E-state index in [9.17, 15) is 0 Å². The van der Waals surface area contributed by atoms with Gasteiger partial charge in [-0.3, -0.25) is 0 Å². The maximum absolute atomic E-state index is 8.64. The average Bonchev–Trinajstić information content (AvgIpc) is 2.26. The first-order chi connectivity index (χ1) is 7.27. The second-order valence-electron chi connectivity index (χ2n) is 3.54. The van der Waals surface area contributed by atoms with E-state index in [-0.39, 0.29) is 6.61 Å². The minimum atomic E-state index is 0.267. The molecule has 3 heteroatoms. The molecule has 0 radical (unpaired) electrons. The lowest BCUT2D eigenvalue weighted by atomic mass is 10.2. The molecule has 2 N–H and O–H groups in total. The molecule has 0 saturated carbocycles. The lowest BCUT2D eigenvalue weighted by molar-refractivity contribution is 0.286. The summed E-state index contributed by atoms with van der Waals surface area (Å²) in [6.07, 6.45) is 1.84.